The predicted octanol–water partition coefficient (Wildman–Crippen LogP) is 3.89. The Kier molecular flexibility index (Phi) is 4.06. The minimum Gasteiger partial charge on any atom is -0.361 e. The lowest BCUT2D eigenvalue weighted by Crippen LogP contribution is -2.48. The van der Waals surface area contributed by atoms with Gasteiger partial charge >= 0.3 is 0 Å². The molecule has 5 atom stereocenters. The molecule has 0 saturated carbocycles. The number of ether oxygens (including phenoxy) is 4. The van der Waals surface area contributed by atoms with Gasteiger partial charge in [0.05, 0.1) is 6.61 Å². The molecule has 3 aliphatic heterocycles. The molecule has 6 rings (SSSR count). The maximum absolute atomic E-state index is 7.09. The Morgan fingerprint density at radius 3 is 1.69 bits per heavy atom. The van der Waals surface area contributed by atoms with Gasteiger partial charge in [-0.3, -0.25) is 0 Å². The van der Waals surface area contributed by atoms with E-state index in [2.05, 4.69) is 72.8 Å². The minimum absolute atomic E-state index is 0.0109. The number of benzene rings is 3. The Labute approximate surface area is 170 Å². The van der Waals surface area contributed by atoms with E-state index in [1.165, 1.54) is 0 Å². The molecule has 4 nitrogen and oxygen atoms in total. The van der Waals surface area contributed by atoms with Crippen LogP contribution in [0.4, 0.5) is 0 Å². The van der Waals surface area contributed by atoms with E-state index in [1.807, 2.05) is 18.2 Å². The fourth-order valence-corrected chi connectivity index (χ4v) is 4.69. The van der Waals surface area contributed by atoms with Crippen molar-refractivity contribution in [3.05, 3.63) is 108 Å². The van der Waals surface area contributed by atoms with Crippen LogP contribution in [0, 0.1) is 0 Å². The molecule has 146 valence electrons. The highest BCUT2D eigenvalue weighted by Gasteiger charge is 2.63. The summed E-state index contributed by atoms with van der Waals surface area (Å²) >= 11 is 0. The van der Waals surface area contributed by atoms with Crippen LogP contribution in [0.15, 0.2) is 91.0 Å². The number of epoxide rings is 1. The molecule has 4 heteroatoms. The first-order valence-electron chi connectivity index (χ1n) is 10.1. The largest absolute Gasteiger partial charge is 0.361 e. The third-order valence-corrected chi connectivity index (χ3v) is 6.11. The molecule has 0 spiro atoms. The van der Waals surface area contributed by atoms with E-state index in [-0.39, 0.29) is 30.7 Å². The first kappa shape index (κ1) is 17.4. The molecule has 0 aromatic heterocycles. The minimum atomic E-state index is -0.774. The first-order chi connectivity index (χ1) is 14.4. The molecule has 0 unspecified atom stereocenters. The quantitative estimate of drug-likeness (QED) is 0.493. The van der Waals surface area contributed by atoms with Crippen LogP contribution in [0.1, 0.15) is 16.7 Å². The molecule has 0 aliphatic carbocycles. The molecule has 3 saturated heterocycles. The zero-order chi connectivity index (χ0) is 19.3. The second-order valence-corrected chi connectivity index (χ2v) is 7.80. The summed E-state index contributed by atoms with van der Waals surface area (Å²) in [6.07, 6.45) is -0.599. The van der Waals surface area contributed by atoms with Crippen molar-refractivity contribution in [3.63, 3.8) is 0 Å². The van der Waals surface area contributed by atoms with Crippen molar-refractivity contribution >= 4 is 0 Å². The second kappa shape index (κ2) is 6.78. The molecule has 0 radical (unpaired) electrons. The summed E-state index contributed by atoms with van der Waals surface area (Å²) in [7, 11) is 0. The SMILES string of the molecule is c1ccc(C(O[C@H]2[C@@H]3O[C@@H]3[C@@H]3OC[C@H]2O3)(c2ccccc2)c2ccccc2)cc1. The van der Waals surface area contributed by atoms with Gasteiger partial charge in [0.25, 0.3) is 0 Å². The highest BCUT2D eigenvalue weighted by molar-refractivity contribution is 5.47. The van der Waals surface area contributed by atoms with Gasteiger partial charge < -0.3 is 18.9 Å². The van der Waals surface area contributed by atoms with Gasteiger partial charge in [0.1, 0.15) is 30.0 Å². The average Bonchev–Trinajstić information content (AvgIpc) is 3.49. The summed E-state index contributed by atoms with van der Waals surface area (Å²) in [6.45, 7) is 0.542. The van der Waals surface area contributed by atoms with Gasteiger partial charge in [-0.1, -0.05) is 91.0 Å². The van der Waals surface area contributed by atoms with Crippen LogP contribution >= 0.6 is 0 Å². The summed E-state index contributed by atoms with van der Waals surface area (Å²) in [4.78, 5) is 0. The van der Waals surface area contributed by atoms with Gasteiger partial charge in [0, 0.05) is 0 Å². The van der Waals surface area contributed by atoms with E-state index >= 15 is 0 Å². The number of rotatable bonds is 5. The van der Waals surface area contributed by atoms with Crippen molar-refractivity contribution in [2.75, 3.05) is 6.61 Å². The third-order valence-electron chi connectivity index (χ3n) is 6.11. The highest BCUT2D eigenvalue weighted by atomic mass is 16.8. The van der Waals surface area contributed by atoms with E-state index in [1.54, 1.807) is 0 Å². The third kappa shape index (κ3) is 2.75. The van der Waals surface area contributed by atoms with E-state index in [9.17, 15) is 0 Å². The summed E-state index contributed by atoms with van der Waals surface area (Å²) in [5.41, 5.74) is 2.46. The first-order valence-corrected chi connectivity index (χ1v) is 10.1. The zero-order valence-electron chi connectivity index (χ0n) is 15.9. The maximum Gasteiger partial charge on any atom is 0.187 e. The van der Waals surface area contributed by atoms with Crippen LogP contribution in [0.3, 0.4) is 0 Å². The fourth-order valence-electron chi connectivity index (χ4n) is 4.69. The number of hydrogen-bond acceptors (Lipinski definition) is 4. The van der Waals surface area contributed by atoms with E-state index < -0.39 is 5.60 Å². The number of fused-ring (bicyclic) bond motifs is 4. The molecular formula is C25H22O4. The van der Waals surface area contributed by atoms with Gasteiger partial charge in [-0.15, -0.1) is 0 Å². The Hall–Kier alpha value is -2.50. The van der Waals surface area contributed by atoms with E-state index in [0.29, 0.717) is 6.61 Å². The monoisotopic (exact) mass is 386 g/mol. The lowest BCUT2D eigenvalue weighted by Gasteiger charge is -2.40. The average molecular weight is 386 g/mol. The highest BCUT2D eigenvalue weighted by Crippen LogP contribution is 2.48. The van der Waals surface area contributed by atoms with Gasteiger partial charge in [-0.2, -0.15) is 0 Å². The molecule has 0 amide bonds. The molecule has 29 heavy (non-hydrogen) atoms. The van der Waals surface area contributed by atoms with Crippen molar-refractivity contribution < 1.29 is 18.9 Å². The van der Waals surface area contributed by atoms with Crippen molar-refractivity contribution in [3.8, 4) is 0 Å². The topological polar surface area (TPSA) is 40.2 Å². The van der Waals surface area contributed by atoms with Crippen LogP contribution in [0.25, 0.3) is 0 Å². The van der Waals surface area contributed by atoms with Gasteiger partial charge in [0.2, 0.25) is 0 Å². The molecule has 0 N–H and O–H groups in total. The van der Waals surface area contributed by atoms with Gasteiger partial charge in [-0.05, 0) is 16.7 Å². The summed E-state index contributed by atoms with van der Waals surface area (Å²) in [6, 6.07) is 31.2. The molecule has 3 aromatic carbocycles. The van der Waals surface area contributed by atoms with Crippen LogP contribution in [0.5, 0.6) is 0 Å². The summed E-state index contributed by atoms with van der Waals surface area (Å²) < 4.78 is 24.8. The molecule has 3 aliphatic rings. The van der Waals surface area contributed by atoms with Crippen molar-refractivity contribution in [1.29, 1.82) is 0 Å². The molecule has 3 heterocycles. The van der Waals surface area contributed by atoms with Crippen LogP contribution in [0.2, 0.25) is 0 Å². The van der Waals surface area contributed by atoms with E-state index in [0.717, 1.165) is 16.7 Å². The van der Waals surface area contributed by atoms with Crippen molar-refractivity contribution in [1.82, 2.24) is 0 Å². The van der Waals surface area contributed by atoms with Crippen LogP contribution < -0.4 is 0 Å². The molecule has 3 fully saturated rings. The van der Waals surface area contributed by atoms with Gasteiger partial charge in [-0.25, -0.2) is 0 Å². The summed E-state index contributed by atoms with van der Waals surface area (Å²) in [5, 5.41) is 0. The lowest BCUT2D eigenvalue weighted by molar-refractivity contribution is -0.146. The standard InChI is InChI=1S/C25H22O4/c1-4-10-17(11-5-1)25(18-12-6-2-7-13-18,19-14-8-3-9-15-19)29-21-20-16-26-24(27-20)23-22(21)28-23/h1-15,20-24H,16H2/t20-,21-,22+,23+,24-/m1/s1. The predicted molar refractivity (Wildman–Crippen MR) is 107 cm³/mol. The van der Waals surface area contributed by atoms with Crippen molar-refractivity contribution in [2.24, 2.45) is 0 Å². The maximum atomic E-state index is 7.09. The molecule has 3 aromatic rings. The normalized spacial score (nSPS) is 30.0. The Morgan fingerprint density at radius 1 is 0.655 bits per heavy atom. The lowest BCUT2D eigenvalue weighted by atomic mass is 9.79. The zero-order valence-corrected chi connectivity index (χ0v) is 15.9. The fraction of sp³-hybridized carbons (Fsp3) is 0.280. The van der Waals surface area contributed by atoms with Crippen molar-refractivity contribution in [2.45, 2.75) is 36.3 Å². The van der Waals surface area contributed by atoms with Crippen LogP contribution in [-0.2, 0) is 24.5 Å². The molecular weight excluding hydrogens is 364 g/mol. The van der Waals surface area contributed by atoms with Gasteiger partial charge in [0.15, 0.2) is 6.29 Å². The Morgan fingerprint density at radius 2 is 1.17 bits per heavy atom. The Balaban J connectivity index is 1.54. The van der Waals surface area contributed by atoms with E-state index in [4.69, 9.17) is 18.9 Å². The second-order valence-electron chi connectivity index (χ2n) is 7.80. The summed E-state index contributed by atoms with van der Waals surface area (Å²) in [5.74, 6) is 0. The number of hydrogen-bond donors (Lipinski definition) is 0. The Bertz CT molecular complexity index is 879. The smallest absolute Gasteiger partial charge is 0.187 e. The van der Waals surface area contributed by atoms with Crippen LogP contribution in [-0.4, -0.2) is 37.3 Å². The molecule has 2 bridgehead atoms.